The number of rotatable bonds is 5. The summed E-state index contributed by atoms with van der Waals surface area (Å²) in [5, 5.41) is 0. The van der Waals surface area contributed by atoms with Gasteiger partial charge >= 0.3 is 0 Å². The van der Waals surface area contributed by atoms with E-state index in [1.807, 2.05) is 0 Å². The molecule has 0 saturated carbocycles. The lowest BCUT2D eigenvalue weighted by atomic mass is 10.3. The lowest BCUT2D eigenvalue weighted by Crippen LogP contribution is -2.37. The molecule has 0 aromatic heterocycles. The van der Waals surface area contributed by atoms with Crippen molar-refractivity contribution in [2.75, 3.05) is 33.5 Å². The molecule has 0 aliphatic carbocycles. The minimum atomic E-state index is -0.0283. The number of hydrogen-bond donors (Lipinski definition) is 0. The average molecular weight is 160 g/mol. The van der Waals surface area contributed by atoms with Crippen LogP contribution < -0.4 is 0 Å². The summed E-state index contributed by atoms with van der Waals surface area (Å²) in [6.45, 7) is 1.50. The van der Waals surface area contributed by atoms with Gasteiger partial charge in [-0.2, -0.15) is 0 Å². The van der Waals surface area contributed by atoms with Gasteiger partial charge in [0.15, 0.2) is 5.78 Å². The lowest BCUT2D eigenvalue weighted by Gasteiger charge is -2.25. The van der Waals surface area contributed by atoms with Crippen molar-refractivity contribution in [3.8, 4) is 0 Å². The quantitative estimate of drug-likeness (QED) is 0.549. The summed E-state index contributed by atoms with van der Waals surface area (Å²) in [4.78, 5) is 10.8. The van der Waals surface area contributed by atoms with Crippen LogP contribution in [0.3, 0.4) is 0 Å². The topological polar surface area (TPSA) is 44.8 Å². The molecule has 64 valence electrons. The van der Waals surface area contributed by atoms with Crippen molar-refractivity contribution in [2.45, 2.75) is 6.10 Å². The maximum atomic E-state index is 10.8. The fourth-order valence-corrected chi connectivity index (χ4v) is 0.724. The molecule has 0 atom stereocenters. The Bertz CT molecular complexity index is 130. The van der Waals surface area contributed by atoms with Crippen LogP contribution in [0.2, 0.25) is 0 Å². The van der Waals surface area contributed by atoms with Gasteiger partial charge in [-0.3, -0.25) is 4.79 Å². The monoisotopic (exact) mass is 160 g/mol. The fourth-order valence-electron chi connectivity index (χ4n) is 0.724. The number of methoxy groups -OCH3 is 1. The van der Waals surface area contributed by atoms with Crippen LogP contribution in [0.25, 0.3) is 0 Å². The second-order valence-corrected chi connectivity index (χ2v) is 2.44. The third kappa shape index (κ3) is 2.96. The number of ketones is 1. The Morgan fingerprint density at radius 2 is 2.27 bits per heavy atom. The van der Waals surface area contributed by atoms with Crippen molar-refractivity contribution in [1.82, 2.24) is 0 Å². The van der Waals surface area contributed by atoms with Crippen molar-refractivity contribution in [3.63, 3.8) is 0 Å². The van der Waals surface area contributed by atoms with Crippen LogP contribution in [0.15, 0.2) is 0 Å². The Labute approximate surface area is 65.4 Å². The number of carbonyl (C=O) groups excluding carboxylic acids is 1. The Morgan fingerprint density at radius 1 is 1.55 bits per heavy atom. The molecule has 0 unspecified atom stereocenters. The molecule has 0 aromatic carbocycles. The van der Waals surface area contributed by atoms with E-state index in [1.165, 1.54) is 7.11 Å². The third-order valence-electron chi connectivity index (χ3n) is 1.39. The van der Waals surface area contributed by atoms with Crippen LogP contribution >= 0.6 is 0 Å². The molecular weight excluding hydrogens is 148 g/mol. The number of hydrogen-bond acceptors (Lipinski definition) is 4. The van der Waals surface area contributed by atoms with Crippen molar-refractivity contribution in [2.24, 2.45) is 0 Å². The molecule has 1 aliphatic heterocycles. The zero-order valence-corrected chi connectivity index (χ0v) is 6.54. The molecule has 1 heterocycles. The van der Waals surface area contributed by atoms with Gasteiger partial charge < -0.3 is 14.2 Å². The first-order valence-electron chi connectivity index (χ1n) is 3.53. The van der Waals surface area contributed by atoms with E-state index in [4.69, 9.17) is 9.47 Å². The van der Waals surface area contributed by atoms with E-state index in [2.05, 4.69) is 4.74 Å². The van der Waals surface area contributed by atoms with Gasteiger partial charge in [-0.1, -0.05) is 0 Å². The Hall–Kier alpha value is -0.450. The standard InChI is InChI=1S/C7H12O4/c1-9-2-6(8)3-11-7-4-10-5-7/h7H,2-5H2,1H3. The van der Waals surface area contributed by atoms with Crippen LogP contribution in [-0.4, -0.2) is 45.4 Å². The molecule has 0 aromatic rings. The first-order valence-corrected chi connectivity index (χ1v) is 3.53. The zero-order valence-electron chi connectivity index (χ0n) is 6.54. The highest BCUT2D eigenvalue weighted by molar-refractivity contribution is 5.80. The van der Waals surface area contributed by atoms with Gasteiger partial charge in [0.25, 0.3) is 0 Å². The van der Waals surface area contributed by atoms with Crippen molar-refractivity contribution >= 4 is 5.78 Å². The van der Waals surface area contributed by atoms with Gasteiger partial charge in [-0.25, -0.2) is 0 Å². The highest BCUT2D eigenvalue weighted by atomic mass is 16.6. The van der Waals surface area contributed by atoms with E-state index in [1.54, 1.807) is 0 Å². The van der Waals surface area contributed by atoms with Gasteiger partial charge in [0.1, 0.15) is 19.3 Å². The van der Waals surface area contributed by atoms with Gasteiger partial charge in [0.05, 0.1) is 13.2 Å². The molecule has 0 N–H and O–H groups in total. The minimum Gasteiger partial charge on any atom is -0.377 e. The van der Waals surface area contributed by atoms with E-state index in [0.29, 0.717) is 13.2 Å². The highest BCUT2D eigenvalue weighted by Crippen LogP contribution is 2.04. The summed E-state index contributed by atoms with van der Waals surface area (Å²) in [7, 11) is 1.49. The maximum absolute atomic E-state index is 10.8. The van der Waals surface area contributed by atoms with E-state index in [-0.39, 0.29) is 25.1 Å². The smallest absolute Gasteiger partial charge is 0.183 e. The van der Waals surface area contributed by atoms with E-state index in [0.717, 1.165) is 0 Å². The van der Waals surface area contributed by atoms with Crippen LogP contribution in [0.1, 0.15) is 0 Å². The first kappa shape index (κ1) is 8.64. The van der Waals surface area contributed by atoms with Gasteiger partial charge in [-0.05, 0) is 0 Å². The summed E-state index contributed by atoms with van der Waals surface area (Å²) in [5.41, 5.74) is 0. The van der Waals surface area contributed by atoms with Crippen LogP contribution in [0.5, 0.6) is 0 Å². The van der Waals surface area contributed by atoms with Crippen molar-refractivity contribution < 1.29 is 19.0 Å². The van der Waals surface area contributed by atoms with E-state index < -0.39 is 0 Å². The highest BCUT2D eigenvalue weighted by Gasteiger charge is 2.19. The summed E-state index contributed by atoms with van der Waals surface area (Å²) in [5.74, 6) is -0.0283. The average Bonchev–Trinajstić information content (AvgIpc) is 1.85. The fraction of sp³-hybridized carbons (Fsp3) is 0.857. The summed E-state index contributed by atoms with van der Waals surface area (Å²) in [6, 6.07) is 0. The first-order chi connectivity index (χ1) is 5.33. The predicted octanol–water partition coefficient (Wildman–Crippen LogP) is -0.383. The molecule has 0 spiro atoms. The number of carbonyl (C=O) groups is 1. The van der Waals surface area contributed by atoms with Crippen LogP contribution in [-0.2, 0) is 19.0 Å². The molecule has 1 fully saturated rings. The second-order valence-electron chi connectivity index (χ2n) is 2.44. The molecular formula is C7H12O4. The maximum Gasteiger partial charge on any atom is 0.183 e. The Kier molecular flexibility index (Phi) is 3.48. The number of Topliss-reactive ketones (excluding diaryl/α,β-unsaturated/α-hetero) is 1. The molecule has 0 radical (unpaired) electrons. The zero-order chi connectivity index (χ0) is 8.10. The van der Waals surface area contributed by atoms with Gasteiger partial charge in [0.2, 0.25) is 0 Å². The molecule has 1 aliphatic rings. The lowest BCUT2D eigenvalue weighted by molar-refractivity contribution is -0.149. The van der Waals surface area contributed by atoms with Crippen LogP contribution in [0, 0.1) is 0 Å². The molecule has 0 amide bonds. The molecule has 11 heavy (non-hydrogen) atoms. The largest absolute Gasteiger partial charge is 0.377 e. The SMILES string of the molecule is COCC(=O)COC1COC1. The summed E-state index contributed by atoms with van der Waals surface area (Å²) < 4.78 is 14.6. The molecule has 4 heteroatoms. The minimum absolute atomic E-state index is 0.0283. The molecule has 0 bridgehead atoms. The van der Waals surface area contributed by atoms with E-state index >= 15 is 0 Å². The molecule has 4 nitrogen and oxygen atoms in total. The second kappa shape index (κ2) is 4.43. The van der Waals surface area contributed by atoms with Gasteiger partial charge in [0, 0.05) is 7.11 Å². The normalized spacial score (nSPS) is 17.9. The van der Waals surface area contributed by atoms with Gasteiger partial charge in [-0.15, -0.1) is 0 Å². The predicted molar refractivity (Wildman–Crippen MR) is 37.4 cm³/mol. The van der Waals surface area contributed by atoms with E-state index in [9.17, 15) is 4.79 Å². The Balaban J connectivity index is 1.96. The van der Waals surface area contributed by atoms with Crippen LogP contribution in [0.4, 0.5) is 0 Å². The number of ether oxygens (including phenoxy) is 3. The summed E-state index contributed by atoms with van der Waals surface area (Å²) in [6.07, 6.45) is 0.121. The summed E-state index contributed by atoms with van der Waals surface area (Å²) >= 11 is 0. The third-order valence-corrected chi connectivity index (χ3v) is 1.39. The van der Waals surface area contributed by atoms with Crippen molar-refractivity contribution in [1.29, 1.82) is 0 Å². The molecule has 1 rings (SSSR count). The molecule has 1 saturated heterocycles. The van der Waals surface area contributed by atoms with Crippen molar-refractivity contribution in [3.05, 3.63) is 0 Å². The Morgan fingerprint density at radius 3 is 2.73 bits per heavy atom.